The van der Waals surface area contributed by atoms with Crippen LogP contribution in [0.15, 0.2) is 46.0 Å². The van der Waals surface area contributed by atoms with Gasteiger partial charge < -0.3 is 24.7 Å². The van der Waals surface area contributed by atoms with Crippen LogP contribution in [0.3, 0.4) is 0 Å². The fourth-order valence-corrected chi connectivity index (χ4v) is 2.60. The summed E-state index contributed by atoms with van der Waals surface area (Å²) in [6.45, 7) is 2.04. The first-order chi connectivity index (χ1) is 12.6. The van der Waals surface area contributed by atoms with E-state index in [0.717, 1.165) is 0 Å². The number of halogens is 1. The molecule has 0 aromatic heterocycles. The fraction of sp³-hybridized carbons (Fsp3) is 0.222. The van der Waals surface area contributed by atoms with E-state index < -0.39 is 0 Å². The molecule has 7 nitrogen and oxygen atoms in total. The number of nitrogens with zero attached hydrogens (tertiary/aromatic N) is 1. The van der Waals surface area contributed by atoms with Gasteiger partial charge in [-0.1, -0.05) is 17.3 Å². The Morgan fingerprint density at radius 2 is 1.96 bits per heavy atom. The monoisotopic (exact) mass is 422 g/mol. The molecule has 0 saturated heterocycles. The second-order valence-electron chi connectivity index (χ2n) is 5.04. The zero-order chi connectivity index (χ0) is 18.9. The molecule has 0 bridgehead atoms. The highest BCUT2D eigenvalue weighted by Gasteiger charge is 2.13. The minimum absolute atomic E-state index is 0.210. The van der Waals surface area contributed by atoms with E-state index in [4.69, 9.17) is 19.4 Å². The lowest BCUT2D eigenvalue weighted by Crippen LogP contribution is -2.20. The molecule has 138 valence electrons. The van der Waals surface area contributed by atoms with Gasteiger partial charge in [-0.25, -0.2) is 0 Å². The summed E-state index contributed by atoms with van der Waals surface area (Å²) in [4.78, 5) is 12.2. The van der Waals surface area contributed by atoms with E-state index in [2.05, 4.69) is 26.4 Å². The number of methoxy groups -OCH3 is 1. The normalized spacial score (nSPS) is 10.6. The predicted octanol–water partition coefficient (Wildman–Crippen LogP) is 3.68. The van der Waals surface area contributed by atoms with Crippen LogP contribution in [0.4, 0.5) is 5.69 Å². The topological polar surface area (TPSA) is 89.4 Å². The first-order valence-corrected chi connectivity index (χ1v) is 8.57. The first-order valence-electron chi connectivity index (χ1n) is 7.78. The van der Waals surface area contributed by atoms with E-state index in [-0.39, 0.29) is 12.5 Å². The molecule has 0 unspecified atom stereocenters. The van der Waals surface area contributed by atoms with Gasteiger partial charge in [0.25, 0.3) is 5.91 Å². The predicted molar refractivity (Wildman–Crippen MR) is 102 cm³/mol. The lowest BCUT2D eigenvalue weighted by atomic mass is 10.2. The van der Waals surface area contributed by atoms with Gasteiger partial charge in [-0.3, -0.25) is 4.79 Å². The molecule has 1 amide bonds. The highest BCUT2D eigenvalue weighted by Crippen LogP contribution is 2.33. The third-order valence-corrected chi connectivity index (χ3v) is 3.99. The molecule has 0 saturated carbocycles. The van der Waals surface area contributed by atoms with Gasteiger partial charge in [0.1, 0.15) is 5.75 Å². The maximum absolute atomic E-state index is 12.2. The molecule has 2 rings (SSSR count). The summed E-state index contributed by atoms with van der Waals surface area (Å²) in [7, 11) is 1.53. The average molecular weight is 423 g/mol. The molecule has 2 aromatic carbocycles. The number of nitrogens with one attached hydrogen (secondary N) is 1. The van der Waals surface area contributed by atoms with E-state index in [9.17, 15) is 4.79 Å². The Hall–Kier alpha value is -2.74. The van der Waals surface area contributed by atoms with E-state index in [1.807, 2.05) is 13.0 Å². The summed E-state index contributed by atoms with van der Waals surface area (Å²) in [5.41, 5.74) is 1.17. The fourth-order valence-electron chi connectivity index (χ4n) is 2.17. The van der Waals surface area contributed by atoms with Gasteiger partial charge in [-0.05, 0) is 47.1 Å². The molecule has 0 radical (unpaired) electrons. The molecule has 0 atom stereocenters. The molecule has 2 N–H and O–H groups in total. The summed E-state index contributed by atoms with van der Waals surface area (Å²) in [6, 6.07) is 10.4. The Kier molecular flexibility index (Phi) is 7.28. The number of carbonyl (C=O) groups is 1. The van der Waals surface area contributed by atoms with Gasteiger partial charge in [0.05, 0.1) is 25.6 Å². The van der Waals surface area contributed by atoms with Crippen LogP contribution >= 0.6 is 15.9 Å². The van der Waals surface area contributed by atoms with E-state index in [0.29, 0.717) is 39.6 Å². The van der Waals surface area contributed by atoms with Crippen molar-refractivity contribution in [3.63, 3.8) is 0 Å². The highest BCUT2D eigenvalue weighted by molar-refractivity contribution is 9.10. The quantitative estimate of drug-likeness (QED) is 0.384. The van der Waals surface area contributed by atoms with E-state index >= 15 is 0 Å². The Bertz CT molecular complexity index is 795. The van der Waals surface area contributed by atoms with E-state index in [1.165, 1.54) is 13.3 Å². The Morgan fingerprint density at radius 1 is 1.23 bits per heavy atom. The Morgan fingerprint density at radius 3 is 2.65 bits per heavy atom. The number of carbonyl (C=O) groups excluding carboxylic acids is 1. The van der Waals surface area contributed by atoms with Crippen molar-refractivity contribution in [1.82, 2.24) is 0 Å². The third kappa shape index (κ3) is 5.13. The molecule has 0 heterocycles. The summed E-state index contributed by atoms with van der Waals surface area (Å²) >= 11 is 3.36. The van der Waals surface area contributed by atoms with Crippen LogP contribution in [0.25, 0.3) is 0 Å². The minimum Gasteiger partial charge on any atom is -0.495 e. The first kappa shape index (κ1) is 19.6. The van der Waals surface area contributed by atoms with Crippen molar-refractivity contribution in [2.45, 2.75) is 6.92 Å². The van der Waals surface area contributed by atoms with Gasteiger partial charge >= 0.3 is 0 Å². The maximum atomic E-state index is 12.2. The number of oxime groups is 1. The number of amides is 1. The zero-order valence-corrected chi connectivity index (χ0v) is 15.9. The highest BCUT2D eigenvalue weighted by atomic mass is 79.9. The number of hydrogen-bond acceptors (Lipinski definition) is 6. The van der Waals surface area contributed by atoms with Crippen molar-refractivity contribution in [2.75, 3.05) is 25.6 Å². The largest absolute Gasteiger partial charge is 0.495 e. The van der Waals surface area contributed by atoms with Gasteiger partial charge in [0, 0.05) is 10.0 Å². The zero-order valence-electron chi connectivity index (χ0n) is 14.4. The van der Waals surface area contributed by atoms with Crippen LogP contribution in [-0.2, 0) is 4.79 Å². The maximum Gasteiger partial charge on any atom is 0.262 e. The summed E-state index contributed by atoms with van der Waals surface area (Å²) < 4.78 is 17.0. The van der Waals surface area contributed by atoms with Crippen LogP contribution in [0.1, 0.15) is 12.5 Å². The molecular formula is C18H19BrN2O5. The molecular weight excluding hydrogens is 404 g/mol. The van der Waals surface area contributed by atoms with Crippen LogP contribution in [0.5, 0.6) is 17.2 Å². The number of para-hydroxylation sites is 2. The molecule has 0 aliphatic carbocycles. The lowest BCUT2D eigenvalue weighted by molar-refractivity contribution is -0.118. The second-order valence-corrected chi connectivity index (χ2v) is 5.89. The standard InChI is InChI=1S/C18H19BrN2O5/c1-3-25-16-8-12(10-20-23)13(19)9-17(16)26-11-18(22)21-14-6-4-5-7-15(14)24-2/h4-10,23H,3,11H2,1-2H3,(H,21,22)/b20-10+. The Balaban J connectivity index is 2.10. The summed E-state index contributed by atoms with van der Waals surface area (Å²) in [5.74, 6) is 1.06. The van der Waals surface area contributed by atoms with Crippen LogP contribution < -0.4 is 19.5 Å². The third-order valence-electron chi connectivity index (χ3n) is 3.30. The Labute approximate surface area is 159 Å². The number of benzene rings is 2. The van der Waals surface area contributed by atoms with Crippen molar-refractivity contribution in [3.8, 4) is 17.2 Å². The van der Waals surface area contributed by atoms with Gasteiger partial charge in [-0.15, -0.1) is 0 Å². The van der Waals surface area contributed by atoms with Crippen molar-refractivity contribution in [1.29, 1.82) is 0 Å². The molecule has 0 fully saturated rings. The SMILES string of the molecule is CCOc1cc(/C=N/O)c(Br)cc1OCC(=O)Nc1ccccc1OC. The molecule has 0 aliphatic heterocycles. The summed E-state index contributed by atoms with van der Waals surface area (Å²) in [6.07, 6.45) is 1.27. The van der Waals surface area contributed by atoms with E-state index in [1.54, 1.807) is 30.3 Å². The van der Waals surface area contributed by atoms with Crippen LogP contribution in [0, 0.1) is 0 Å². The van der Waals surface area contributed by atoms with Crippen molar-refractivity contribution in [2.24, 2.45) is 5.16 Å². The van der Waals surface area contributed by atoms with Gasteiger partial charge in [0.2, 0.25) is 0 Å². The van der Waals surface area contributed by atoms with Crippen molar-refractivity contribution < 1.29 is 24.2 Å². The van der Waals surface area contributed by atoms with Crippen molar-refractivity contribution >= 4 is 33.7 Å². The summed E-state index contributed by atoms with van der Waals surface area (Å²) in [5, 5.41) is 14.4. The van der Waals surface area contributed by atoms with Crippen molar-refractivity contribution in [3.05, 3.63) is 46.4 Å². The molecule has 0 aliphatic rings. The van der Waals surface area contributed by atoms with Crippen LogP contribution in [0.2, 0.25) is 0 Å². The minimum atomic E-state index is -0.339. The average Bonchev–Trinajstić information content (AvgIpc) is 2.64. The molecule has 0 spiro atoms. The number of rotatable bonds is 8. The number of ether oxygens (including phenoxy) is 3. The molecule has 8 heteroatoms. The number of anilines is 1. The molecule has 2 aromatic rings. The second kappa shape index (κ2) is 9.67. The molecule has 26 heavy (non-hydrogen) atoms. The lowest BCUT2D eigenvalue weighted by Gasteiger charge is -2.14. The number of hydrogen-bond donors (Lipinski definition) is 2. The van der Waals surface area contributed by atoms with Gasteiger partial charge in [0.15, 0.2) is 18.1 Å². The van der Waals surface area contributed by atoms with Gasteiger partial charge in [-0.2, -0.15) is 0 Å². The van der Waals surface area contributed by atoms with Crippen LogP contribution in [-0.4, -0.2) is 37.7 Å². The smallest absolute Gasteiger partial charge is 0.262 e.